The van der Waals surface area contributed by atoms with E-state index < -0.39 is 33.8 Å². The van der Waals surface area contributed by atoms with Crippen LogP contribution in [0.4, 0.5) is 5.69 Å². The number of nitrogens with zero attached hydrogens (tertiary/aromatic N) is 5. The van der Waals surface area contributed by atoms with Gasteiger partial charge in [-0.15, -0.1) is 9.46 Å². The van der Waals surface area contributed by atoms with Crippen molar-refractivity contribution in [3.8, 4) is 11.6 Å². The minimum Gasteiger partial charge on any atom is -0.490 e. The Kier molecular flexibility index (Phi) is 11.9. The summed E-state index contributed by atoms with van der Waals surface area (Å²) in [5, 5.41) is 4.91. The average Bonchev–Trinajstić information content (AvgIpc) is 3.53. The summed E-state index contributed by atoms with van der Waals surface area (Å²) in [4.78, 5) is 34.7. The van der Waals surface area contributed by atoms with Crippen LogP contribution >= 0.6 is 11.6 Å². The Morgan fingerprint density at radius 1 is 1.08 bits per heavy atom. The number of anilines is 1. The Labute approximate surface area is 350 Å². The number of carbonyl (C=O) groups is 2. The molecule has 2 aromatic heterocycles. The molecule has 15 heteroatoms. The number of amides is 2. The van der Waals surface area contributed by atoms with E-state index in [1.54, 1.807) is 38.7 Å². The van der Waals surface area contributed by atoms with Crippen molar-refractivity contribution < 1.29 is 32.7 Å². The zero-order valence-corrected chi connectivity index (χ0v) is 35.4. The topological polar surface area (TPSA) is 146 Å². The zero-order chi connectivity index (χ0) is 41.3. The van der Waals surface area contributed by atoms with Gasteiger partial charge in [0.2, 0.25) is 5.88 Å². The van der Waals surface area contributed by atoms with Crippen LogP contribution in [-0.2, 0) is 44.9 Å². The van der Waals surface area contributed by atoms with E-state index in [2.05, 4.69) is 42.3 Å². The zero-order valence-electron chi connectivity index (χ0n) is 33.8. The summed E-state index contributed by atoms with van der Waals surface area (Å²) in [6, 6.07) is 15.2. The van der Waals surface area contributed by atoms with Crippen LogP contribution in [0.2, 0.25) is 5.02 Å². The lowest BCUT2D eigenvalue weighted by Gasteiger charge is -2.46. The maximum atomic E-state index is 15.1. The highest BCUT2D eigenvalue weighted by molar-refractivity contribution is 7.92. The van der Waals surface area contributed by atoms with Crippen molar-refractivity contribution in [3.05, 3.63) is 112 Å². The Balaban J connectivity index is 1.22. The molecule has 1 fully saturated rings. The van der Waals surface area contributed by atoms with E-state index in [1.165, 1.54) is 29.1 Å². The van der Waals surface area contributed by atoms with Crippen molar-refractivity contribution in [1.82, 2.24) is 19.5 Å². The van der Waals surface area contributed by atoms with Crippen molar-refractivity contribution in [2.24, 2.45) is 29.2 Å². The molecule has 4 heterocycles. The predicted octanol–water partition coefficient (Wildman–Crippen LogP) is 6.74. The molecule has 13 nitrogen and oxygen atoms in total. The van der Waals surface area contributed by atoms with Gasteiger partial charge in [0, 0.05) is 67.8 Å². The fraction of sp³-hybridized carbons (Fsp3) is 0.455. The molecule has 4 aliphatic rings. The number of fused-ring (bicyclic) bond motifs is 4. The van der Waals surface area contributed by atoms with Gasteiger partial charge in [0.1, 0.15) is 21.2 Å². The number of nitrogens with one attached hydrogen (secondary N) is 1. The first-order valence-corrected chi connectivity index (χ1v) is 22.2. The van der Waals surface area contributed by atoms with Crippen LogP contribution in [0.1, 0.15) is 70.0 Å². The third-order valence-corrected chi connectivity index (χ3v) is 14.5. The molecule has 2 amide bonds. The number of pyridine rings is 1. The van der Waals surface area contributed by atoms with Gasteiger partial charge < -0.3 is 23.8 Å². The molecule has 0 saturated heterocycles. The number of hydrogen-bond donors (Lipinski definition) is 1. The molecule has 8 rings (SSSR count). The Morgan fingerprint density at radius 2 is 1.90 bits per heavy atom. The van der Waals surface area contributed by atoms with E-state index in [0.717, 1.165) is 48.4 Å². The SMILES string of the molecule is COc1nn(C)cc1C(=O)NS1(=O)=NC(=O)c2ccc3c(c2)N(C[C@@H]2CC[C@H]2[C@@H](OC)/C=C/[C@H](OCc2ccncc2)[C@H](C)C1)C[C@@]1(CCCc2cc(Cl)ccc21)CO3. The normalized spacial score (nSPS) is 28.5. The van der Waals surface area contributed by atoms with Crippen LogP contribution in [0.15, 0.2) is 83.6 Å². The summed E-state index contributed by atoms with van der Waals surface area (Å²) in [5.74, 6) is -0.916. The molecule has 2 aliphatic heterocycles. The number of hydrogen-bond acceptors (Lipinski definition) is 10. The highest BCUT2D eigenvalue weighted by atomic mass is 35.5. The van der Waals surface area contributed by atoms with Gasteiger partial charge in [0.25, 0.3) is 11.8 Å². The molecule has 2 aliphatic carbocycles. The Bertz CT molecular complexity index is 2360. The summed E-state index contributed by atoms with van der Waals surface area (Å²) >= 11 is 6.50. The van der Waals surface area contributed by atoms with Crippen molar-refractivity contribution >= 4 is 39.0 Å². The molecule has 4 aromatic rings. The van der Waals surface area contributed by atoms with Gasteiger partial charge in [-0.25, -0.2) is 4.21 Å². The number of aryl methyl sites for hydroxylation is 2. The van der Waals surface area contributed by atoms with E-state index in [1.807, 2.05) is 37.3 Å². The number of methoxy groups -OCH3 is 2. The first-order chi connectivity index (χ1) is 28.5. The number of aromatic nitrogens is 3. The van der Waals surface area contributed by atoms with Gasteiger partial charge in [-0.05, 0) is 103 Å². The Morgan fingerprint density at radius 3 is 2.66 bits per heavy atom. The summed E-state index contributed by atoms with van der Waals surface area (Å²) in [6.45, 7) is 3.98. The lowest BCUT2D eigenvalue weighted by atomic mass is 9.68. The standard InChI is InChI=1S/C44H51ClN6O7S/c1-28-25-59(54,49-42(53)35-23-50(2)47-43(35)56-4)48-41(52)31-8-12-40-37(21-31)51(26-44(27-58-40)17-5-6-30-20-33(45)9-11-36(30)44)22-32-7-10-34(32)39(55-3)14-13-38(28)57-24-29-15-18-46-19-16-29/h8-9,11-16,18-21,23,28,32,34,38-39H,5-7,10,17,22,24-27H2,1-4H3,(H,48,49,52,53,54)/b14-13+/t28-,32+,34-,38+,39+,44+,59?/m1/s1. The number of rotatable bonds is 7. The van der Waals surface area contributed by atoms with Gasteiger partial charge in [0.05, 0.1) is 44.0 Å². The molecule has 7 atom stereocenters. The van der Waals surface area contributed by atoms with Crippen molar-refractivity contribution in [3.63, 3.8) is 0 Å². The molecule has 2 aromatic carbocycles. The predicted molar refractivity (Wildman–Crippen MR) is 225 cm³/mol. The summed E-state index contributed by atoms with van der Waals surface area (Å²) < 4.78 is 48.3. The van der Waals surface area contributed by atoms with Crippen LogP contribution in [-0.4, -0.2) is 82.7 Å². The molecule has 1 spiro atoms. The molecular weight excluding hydrogens is 792 g/mol. The van der Waals surface area contributed by atoms with E-state index >= 15 is 4.21 Å². The molecule has 2 bridgehead atoms. The number of carbonyl (C=O) groups excluding carboxylic acids is 2. The van der Waals surface area contributed by atoms with Gasteiger partial charge in [-0.2, -0.15) is 0 Å². The smallest absolute Gasteiger partial charge is 0.286 e. The fourth-order valence-electron chi connectivity index (χ4n) is 9.19. The quantitative estimate of drug-likeness (QED) is 0.199. The van der Waals surface area contributed by atoms with Gasteiger partial charge in [0.15, 0.2) is 0 Å². The summed E-state index contributed by atoms with van der Waals surface area (Å²) in [7, 11) is 0.978. The molecule has 1 N–H and O–H groups in total. The highest BCUT2D eigenvalue weighted by Gasteiger charge is 2.44. The first kappa shape index (κ1) is 41.0. The summed E-state index contributed by atoms with van der Waals surface area (Å²) in [5.41, 5.74) is 4.15. The lowest BCUT2D eigenvalue weighted by Crippen LogP contribution is -2.49. The van der Waals surface area contributed by atoms with Crippen LogP contribution in [0.5, 0.6) is 11.6 Å². The largest absolute Gasteiger partial charge is 0.490 e. The van der Waals surface area contributed by atoms with Crippen LogP contribution in [0, 0.1) is 17.8 Å². The molecule has 312 valence electrons. The van der Waals surface area contributed by atoms with E-state index in [4.69, 9.17) is 30.5 Å². The second-order valence-electron chi connectivity index (χ2n) is 16.3. The van der Waals surface area contributed by atoms with E-state index in [-0.39, 0.29) is 46.8 Å². The summed E-state index contributed by atoms with van der Waals surface area (Å²) in [6.07, 6.45) is 13.0. The fourth-order valence-corrected chi connectivity index (χ4v) is 11.3. The van der Waals surface area contributed by atoms with Gasteiger partial charge in [-0.3, -0.25) is 24.0 Å². The van der Waals surface area contributed by atoms with Gasteiger partial charge in [-0.1, -0.05) is 36.7 Å². The second-order valence-corrected chi connectivity index (χ2v) is 18.8. The third kappa shape index (κ3) is 8.63. The molecule has 1 unspecified atom stereocenters. The van der Waals surface area contributed by atoms with E-state index in [0.29, 0.717) is 31.4 Å². The number of halogens is 1. The van der Waals surface area contributed by atoms with Crippen molar-refractivity contribution in [2.45, 2.75) is 63.3 Å². The first-order valence-electron chi connectivity index (χ1n) is 20.2. The maximum absolute atomic E-state index is 15.1. The minimum absolute atomic E-state index is 0.0503. The average molecular weight is 843 g/mol. The van der Waals surface area contributed by atoms with Crippen LogP contribution < -0.4 is 19.1 Å². The van der Waals surface area contributed by atoms with Crippen LogP contribution in [0.3, 0.4) is 0 Å². The maximum Gasteiger partial charge on any atom is 0.286 e. The molecule has 59 heavy (non-hydrogen) atoms. The molecule has 1 saturated carbocycles. The lowest BCUT2D eigenvalue weighted by molar-refractivity contribution is 0.0100. The van der Waals surface area contributed by atoms with Crippen LogP contribution in [0.25, 0.3) is 0 Å². The number of benzene rings is 2. The van der Waals surface area contributed by atoms with Crippen molar-refractivity contribution in [2.75, 3.05) is 44.6 Å². The number of ether oxygens (including phenoxy) is 4. The molecular formula is C44H51ClN6O7S. The Hall–Kier alpha value is -4.76. The highest BCUT2D eigenvalue weighted by Crippen LogP contribution is 2.47. The monoisotopic (exact) mass is 842 g/mol. The van der Waals surface area contributed by atoms with Gasteiger partial charge >= 0.3 is 0 Å². The van der Waals surface area contributed by atoms with Crippen molar-refractivity contribution in [1.29, 1.82) is 0 Å². The molecule has 0 radical (unpaired) electrons. The van der Waals surface area contributed by atoms with E-state index in [9.17, 15) is 9.59 Å². The third-order valence-electron chi connectivity index (χ3n) is 12.4. The second kappa shape index (κ2) is 17.1. The minimum atomic E-state index is -3.80.